The van der Waals surface area contributed by atoms with Crippen LogP contribution in [-0.2, 0) is 0 Å². The molecule has 1 nitrogen and oxygen atoms in total. The zero-order valence-electron chi connectivity index (χ0n) is 11.1. The first-order valence-electron chi connectivity index (χ1n) is 5.62. The van der Waals surface area contributed by atoms with Gasteiger partial charge in [0, 0.05) is 16.2 Å². The van der Waals surface area contributed by atoms with Gasteiger partial charge in [0.2, 0.25) is 0 Å². The van der Waals surface area contributed by atoms with Gasteiger partial charge in [0.05, 0.1) is 11.3 Å². The van der Waals surface area contributed by atoms with Crippen LogP contribution in [0.2, 0.25) is 0 Å². The summed E-state index contributed by atoms with van der Waals surface area (Å²) in [6.07, 6.45) is 5.73. The molecule has 0 bridgehead atoms. The van der Waals surface area contributed by atoms with Crippen LogP contribution < -0.4 is 0 Å². The van der Waals surface area contributed by atoms with Gasteiger partial charge in [-0.05, 0) is 52.8 Å². The van der Waals surface area contributed by atoms with Crippen molar-refractivity contribution in [1.29, 1.82) is 0 Å². The van der Waals surface area contributed by atoms with Gasteiger partial charge in [0.15, 0.2) is 0 Å². The van der Waals surface area contributed by atoms with E-state index in [-0.39, 0.29) is 5.54 Å². The van der Waals surface area contributed by atoms with Gasteiger partial charge in [-0.1, -0.05) is 17.5 Å². The standard InChI is InChI=1S/C15H18ClN/c1-6-7-11(2)13-10-12(16)8-9-14(13)17-15(3,4)5/h8-10H,1-5H3/b13-11-,17-14?. The number of hydrogen-bond donors (Lipinski definition) is 0. The van der Waals surface area contributed by atoms with Gasteiger partial charge >= 0.3 is 0 Å². The Bertz CT molecular complexity index is 485. The van der Waals surface area contributed by atoms with Crippen molar-refractivity contribution in [2.24, 2.45) is 4.99 Å². The van der Waals surface area contributed by atoms with Crippen molar-refractivity contribution in [3.63, 3.8) is 0 Å². The Balaban J connectivity index is 3.31. The number of allylic oxidation sites excluding steroid dienone is 6. The summed E-state index contributed by atoms with van der Waals surface area (Å²) in [7, 11) is 0. The molecular formula is C15H18ClN. The summed E-state index contributed by atoms with van der Waals surface area (Å²) in [6, 6.07) is 0. The molecule has 0 aromatic heterocycles. The predicted octanol–water partition coefficient (Wildman–Crippen LogP) is 4.26. The van der Waals surface area contributed by atoms with Gasteiger partial charge in [-0.15, -0.1) is 5.92 Å². The first-order chi connectivity index (χ1) is 7.83. The molecule has 0 fully saturated rings. The topological polar surface area (TPSA) is 12.4 Å². The molecule has 0 saturated carbocycles. The molecule has 0 N–H and O–H groups in total. The third-order valence-electron chi connectivity index (χ3n) is 2.13. The molecule has 0 radical (unpaired) electrons. The number of nitrogens with zero attached hydrogens (tertiary/aromatic N) is 1. The maximum atomic E-state index is 6.03. The smallest absolute Gasteiger partial charge is 0.0663 e. The monoisotopic (exact) mass is 247 g/mol. The fourth-order valence-corrected chi connectivity index (χ4v) is 1.69. The Kier molecular flexibility index (Phi) is 4.37. The van der Waals surface area contributed by atoms with E-state index in [1.807, 2.05) is 32.1 Å². The average Bonchev–Trinajstić information content (AvgIpc) is 2.19. The van der Waals surface area contributed by atoms with Crippen LogP contribution >= 0.6 is 11.6 Å². The van der Waals surface area contributed by atoms with E-state index in [1.54, 1.807) is 0 Å². The van der Waals surface area contributed by atoms with E-state index in [4.69, 9.17) is 11.6 Å². The third kappa shape index (κ3) is 4.24. The fraction of sp³-hybridized carbons (Fsp3) is 0.400. The Labute approximate surface area is 109 Å². The van der Waals surface area contributed by atoms with Crippen LogP contribution in [0.15, 0.2) is 39.4 Å². The highest BCUT2D eigenvalue weighted by atomic mass is 35.5. The van der Waals surface area contributed by atoms with Crippen LogP contribution in [0, 0.1) is 11.8 Å². The zero-order chi connectivity index (χ0) is 13.1. The van der Waals surface area contributed by atoms with Gasteiger partial charge < -0.3 is 0 Å². The maximum absolute atomic E-state index is 6.03. The molecule has 90 valence electrons. The molecule has 0 amide bonds. The molecule has 0 aromatic carbocycles. The summed E-state index contributed by atoms with van der Waals surface area (Å²) in [5.74, 6) is 5.97. The van der Waals surface area contributed by atoms with Crippen LogP contribution in [-0.4, -0.2) is 11.3 Å². The number of rotatable bonds is 0. The molecule has 1 rings (SSSR count). The summed E-state index contributed by atoms with van der Waals surface area (Å²) in [6.45, 7) is 10.0. The van der Waals surface area contributed by atoms with Crippen molar-refractivity contribution >= 4 is 17.3 Å². The zero-order valence-corrected chi connectivity index (χ0v) is 11.8. The van der Waals surface area contributed by atoms with Crippen molar-refractivity contribution in [1.82, 2.24) is 0 Å². The molecule has 0 heterocycles. The Morgan fingerprint density at radius 1 is 1.29 bits per heavy atom. The summed E-state index contributed by atoms with van der Waals surface area (Å²) >= 11 is 6.03. The van der Waals surface area contributed by atoms with Crippen molar-refractivity contribution in [3.8, 4) is 11.8 Å². The van der Waals surface area contributed by atoms with E-state index < -0.39 is 0 Å². The molecule has 0 aliphatic heterocycles. The Hall–Kier alpha value is -1.26. The minimum Gasteiger partial charge on any atom is -0.279 e. The lowest BCUT2D eigenvalue weighted by Gasteiger charge is -2.17. The van der Waals surface area contributed by atoms with Crippen molar-refractivity contribution < 1.29 is 0 Å². The second-order valence-corrected chi connectivity index (χ2v) is 5.38. The highest BCUT2D eigenvalue weighted by Crippen LogP contribution is 2.22. The minimum absolute atomic E-state index is 0.109. The van der Waals surface area contributed by atoms with Crippen molar-refractivity contribution in [2.75, 3.05) is 0 Å². The summed E-state index contributed by atoms with van der Waals surface area (Å²) in [5.41, 5.74) is 2.85. The number of aliphatic imine (C=N–C) groups is 1. The molecule has 0 saturated heterocycles. The fourth-order valence-electron chi connectivity index (χ4n) is 1.52. The summed E-state index contributed by atoms with van der Waals surface area (Å²) in [4.78, 5) is 4.69. The first-order valence-corrected chi connectivity index (χ1v) is 6.00. The van der Waals surface area contributed by atoms with Crippen LogP contribution in [0.1, 0.15) is 34.6 Å². The molecular weight excluding hydrogens is 230 g/mol. The Morgan fingerprint density at radius 3 is 2.47 bits per heavy atom. The van der Waals surface area contributed by atoms with E-state index in [9.17, 15) is 0 Å². The highest BCUT2D eigenvalue weighted by Gasteiger charge is 2.14. The minimum atomic E-state index is -0.109. The quantitative estimate of drug-likeness (QED) is 0.568. The molecule has 1 aliphatic carbocycles. The van der Waals surface area contributed by atoms with Gasteiger partial charge in [0.25, 0.3) is 0 Å². The largest absolute Gasteiger partial charge is 0.279 e. The highest BCUT2D eigenvalue weighted by molar-refractivity contribution is 6.33. The average molecular weight is 248 g/mol. The van der Waals surface area contributed by atoms with Crippen LogP contribution in [0.3, 0.4) is 0 Å². The maximum Gasteiger partial charge on any atom is 0.0663 e. The number of halogens is 1. The molecule has 17 heavy (non-hydrogen) atoms. The van der Waals surface area contributed by atoms with E-state index >= 15 is 0 Å². The SMILES string of the molecule is CC#C/C(C)=C1/C=C(Cl)C=CC1=NC(C)(C)C. The molecule has 0 atom stereocenters. The van der Waals surface area contributed by atoms with E-state index in [1.165, 1.54) is 0 Å². The van der Waals surface area contributed by atoms with Crippen molar-refractivity contribution in [2.45, 2.75) is 40.2 Å². The van der Waals surface area contributed by atoms with Crippen LogP contribution in [0.4, 0.5) is 0 Å². The lowest BCUT2D eigenvalue weighted by Crippen LogP contribution is -2.15. The Morgan fingerprint density at radius 2 is 1.94 bits per heavy atom. The van der Waals surface area contributed by atoms with Gasteiger partial charge in [0.1, 0.15) is 0 Å². The van der Waals surface area contributed by atoms with Crippen LogP contribution in [0.5, 0.6) is 0 Å². The first kappa shape index (κ1) is 13.8. The molecule has 0 aromatic rings. The normalized spacial score (nSPS) is 20.8. The lowest BCUT2D eigenvalue weighted by molar-refractivity contribution is 0.584. The van der Waals surface area contributed by atoms with Gasteiger partial charge in [-0.2, -0.15) is 0 Å². The number of hydrogen-bond acceptors (Lipinski definition) is 1. The predicted molar refractivity (Wildman–Crippen MR) is 76.4 cm³/mol. The van der Waals surface area contributed by atoms with Gasteiger partial charge in [-0.25, -0.2) is 0 Å². The van der Waals surface area contributed by atoms with E-state index in [2.05, 4.69) is 37.6 Å². The molecule has 0 unspecified atom stereocenters. The lowest BCUT2D eigenvalue weighted by atomic mass is 9.98. The van der Waals surface area contributed by atoms with E-state index in [0.29, 0.717) is 5.03 Å². The van der Waals surface area contributed by atoms with Crippen LogP contribution in [0.25, 0.3) is 0 Å². The molecule has 1 aliphatic rings. The summed E-state index contributed by atoms with van der Waals surface area (Å²) < 4.78 is 0. The molecule has 0 spiro atoms. The van der Waals surface area contributed by atoms with Gasteiger partial charge in [-0.3, -0.25) is 4.99 Å². The molecule has 2 heteroatoms. The van der Waals surface area contributed by atoms with Crippen molar-refractivity contribution in [3.05, 3.63) is 34.4 Å². The third-order valence-corrected chi connectivity index (χ3v) is 2.37. The second kappa shape index (κ2) is 5.38. The summed E-state index contributed by atoms with van der Waals surface area (Å²) in [5, 5.41) is 0.713. The second-order valence-electron chi connectivity index (χ2n) is 4.94. The van der Waals surface area contributed by atoms with E-state index in [0.717, 1.165) is 16.9 Å².